The van der Waals surface area contributed by atoms with E-state index in [1.165, 1.54) is 19.2 Å². The monoisotopic (exact) mass is 252 g/mol. The highest BCUT2D eigenvalue weighted by Crippen LogP contribution is 2.29. The van der Waals surface area contributed by atoms with Crippen LogP contribution in [0.4, 0.5) is 4.39 Å². The first-order valence-corrected chi connectivity index (χ1v) is 6.06. The molecule has 0 radical (unpaired) electrons. The molecule has 1 atom stereocenters. The van der Waals surface area contributed by atoms with Crippen LogP contribution in [-0.4, -0.2) is 12.2 Å². The van der Waals surface area contributed by atoms with E-state index < -0.39 is 11.9 Å². The van der Waals surface area contributed by atoms with Gasteiger partial charge in [-0.3, -0.25) is 0 Å². The number of hydrogen-bond donors (Lipinski definition) is 1. The summed E-state index contributed by atoms with van der Waals surface area (Å²) < 4.78 is 18.1. The summed E-state index contributed by atoms with van der Waals surface area (Å²) in [5.74, 6) is -0.279. The molecule has 1 heterocycles. The summed E-state index contributed by atoms with van der Waals surface area (Å²) >= 11 is 1.58. The maximum atomic E-state index is 13.2. The highest BCUT2D eigenvalue weighted by Gasteiger charge is 2.14. The molecule has 0 aliphatic carbocycles. The maximum Gasteiger partial charge on any atom is 0.165 e. The Hall–Kier alpha value is -1.39. The number of ether oxygens (including phenoxy) is 1. The third kappa shape index (κ3) is 2.48. The predicted molar refractivity (Wildman–Crippen MR) is 66.1 cm³/mol. The summed E-state index contributed by atoms with van der Waals surface area (Å²) in [6.07, 6.45) is -0.741. The van der Waals surface area contributed by atoms with Gasteiger partial charge in [0.25, 0.3) is 0 Å². The van der Waals surface area contributed by atoms with Crippen LogP contribution in [0.5, 0.6) is 5.75 Å². The normalized spacial score (nSPS) is 12.5. The molecule has 1 unspecified atom stereocenters. The van der Waals surface area contributed by atoms with E-state index in [0.717, 1.165) is 10.4 Å². The number of thiophene rings is 1. The zero-order chi connectivity index (χ0) is 12.4. The number of methoxy groups -OCH3 is 1. The smallest absolute Gasteiger partial charge is 0.165 e. The minimum atomic E-state index is -0.741. The third-order valence-electron chi connectivity index (χ3n) is 2.56. The Bertz CT molecular complexity index is 522. The first kappa shape index (κ1) is 12.1. The topological polar surface area (TPSA) is 29.5 Å². The number of aryl methyl sites for hydroxylation is 1. The van der Waals surface area contributed by atoms with Crippen LogP contribution >= 0.6 is 11.3 Å². The first-order valence-electron chi connectivity index (χ1n) is 5.18. The quantitative estimate of drug-likeness (QED) is 0.908. The zero-order valence-corrected chi connectivity index (χ0v) is 10.4. The van der Waals surface area contributed by atoms with Crippen molar-refractivity contribution in [3.63, 3.8) is 0 Å². The largest absolute Gasteiger partial charge is 0.494 e. The fourth-order valence-corrected chi connectivity index (χ4v) is 2.37. The van der Waals surface area contributed by atoms with Gasteiger partial charge in [0.05, 0.1) is 7.11 Å². The van der Waals surface area contributed by atoms with Gasteiger partial charge >= 0.3 is 0 Å². The van der Waals surface area contributed by atoms with Crippen molar-refractivity contribution >= 4 is 11.3 Å². The molecule has 0 saturated heterocycles. The zero-order valence-electron chi connectivity index (χ0n) is 9.61. The van der Waals surface area contributed by atoms with Gasteiger partial charge in [0, 0.05) is 4.88 Å². The van der Waals surface area contributed by atoms with Gasteiger partial charge in [0.15, 0.2) is 11.6 Å². The second kappa shape index (κ2) is 4.85. The van der Waals surface area contributed by atoms with Gasteiger partial charge in [-0.25, -0.2) is 4.39 Å². The lowest BCUT2D eigenvalue weighted by Gasteiger charge is -2.11. The Labute approximate surface area is 103 Å². The molecule has 2 aromatic rings. The lowest BCUT2D eigenvalue weighted by atomic mass is 10.0. The highest BCUT2D eigenvalue weighted by molar-refractivity contribution is 7.10. The van der Waals surface area contributed by atoms with Gasteiger partial charge in [0.2, 0.25) is 0 Å². The van der Waals surface area contributed by atoms with Crippen LogP contribution in [0.1, 0.15) is 22.1 Å². The highest BCUT2D eigenvalue weighted by atomic mass is 32.1. The van der Waals surface area contributed by atoms with Crippen molar-refractivity contribution in [1.29, 1.82) is 0 Å². The molecule has 1 N–H and O–H groups in total. The van der Waals surface area contributed by atoms with Crippen LogP contribution < -0.4 is 4.74 Å². The van der Waals surface area contributed by atoms with E-state index in [1.54, 1.807) is 17.4 Å². The minimum absolute atomic E-state index is 0.147. The molecule has 0 bridgehead atoms. The van der Waals surface area contributed by atoms with Crippen LogP contribution in [0, 0.1) is 12.7 Å². The van der Waals surface area contributed by atoms with Crippen LogP contribution in [0.3, 0.4) is 0 Å². The summed E-state index contributed by atoms with van der Waals surface area (Å²) in [7, 11) is 1.41. The predicted octanol–water partition coefficient (Wildman–Crippen LogP) is 3.29. The second-order valence-electron chi connectivity index (χ2n) is 3.79. The average molecular weight is 252 g/mol. The van der Waals surface area contributed by atoms with E-state index in [1.807, 2.05) is 18.4 Å². The molecule has 0 fully saturated rings. The summed E-state index contributed by atoms with van der Waals surface area (Å²) in [6.45, 7) is 1.98. The minimum Gasteiger partial charge on any atom is -0.494 e. The summed E-state index contributed by atoms with van der Waals surface area (Å²) in [5.41, 5.74) is 1.45. The van der Waals surface area contributed by atoms with Crippen LogP contribution in [0.25, 0.3) is 0 Å². The molecule has 0 amide bonds. The fourth-order valence-electron chi connectivity index (χ4n) is 1.65. The van der Waals surface area contributed by atoms with Crippen LogP contribution in [0.15, 0.2) is 29.6 Å². The van der Waals surface area contributed by atoms with Crippen molar-refractivity contribution in [2.45, 2.75) is 13.0 Å². The van der Waals surface area contributed by atoms with Gasteiger partial charge in [0.1, 0.15) is 6.10 Å². The number of rotatable bonds is 3. The van der Waals surface area contributed by atoms with Crippen molar-refractivity contribution < 1.29 is 14.2 Å². The molecule has 0 saturated carbocycles. The lowest BCUT2D eigenvalue weighted by Crippen LogP contribution is -1.99. The molecule has 2 rings (SSSR count). The molecule has 17 heavy (non-hydrogen) atoms. The number of aliphatic hydroxyl groups excluding tert-OH is 1. The summed E-state index contributed by atoms with van der Waals surface area (Å²) in [6, 6.07) is 6.31. The molecule has 0 aliphatic heterocycles. The molecule has 1 aromatic heterocycles. The molecule has 1 aromatic carbocycles. The number of hydrogen-bond acceptors (Lipinski definition) is 3. The van der Waals surface area contributed by atoms with E-state index in [4.69, 9.17) is 4.74 Å². The SMILES string of the molecule is COc1cc(C(O)c2csc(C)c2)ccc1F. The van der Waals surface area contributed by atoms with Crippen LogP contribution in [0.2, 0.25) is 0 Å². The Morgan fingerprint density at radius 3 is 2.65 bits per heavy atom. The van der Waals surface area contributed by atoms with E-state index in [9.17, 15) is 9.50 Å². The van der Waals surface area contributed by atoms with Crippen molar-refractivity contribution in [2.75, 3.05) is 7.11 Å². The molecule has 90 valence electrons. The Morgan fingerprint density at radius 1 is 1.29 bits per heavy atom. The Morgan fingerprint density at radius 2 is 2.06 bits per heavy atom. The van der Waals surface area contributed by atoms with Gasteiger partial charge in [-0.2, -0.15) is 0 Å². The molecule has 2 nitrogen and oxygen atoms in total. The standard InChI is InChI=1S/C13H13FO2S/c1-8-5-10(7-17-8)13(15)9-3-4-11(14)12(6-9)16-2/h3-7,13,15H,1-2H3. The Kier molecular flexibility index (Phi) is 3.45. The van der Waals surface area contributed by atoms with Crippen LogP contribution in [-0.2, 0) is 0 Å². The molecule has 0 aliphatic rings. The van der Waals surface area contributed by atoms with E-state index in [2.05, 4.69) is 0 Å². The van der Waals surface area contributed by atoms with Gasteiger partial charge in [-0.15, -0.1) is 11.3 Å². The molecular weight excluding hydrogens is 239 g/mol. The number of aliphatic hydroxyl groups is 1. The molecular formula is C13H13FO2S. The fraction of sp³-hybridized carbons (Fsp3) is 0.231. The van der Waals surface area contributed by atoms with Gasteiger partial charge < -0.3 is 9.84 Å². The Balaban J connectivity index is 2.34. The van der Waals surface area contributed by atoms with Crippen molar-refractivity contribution in [2.24, 2.45) is 0 Å². The first-order chi connectivity index (χ1) is 8.11. The second-order valence-corrected chi connectivity index (χ2v) is 4.90. The average Bonchev–Trinajstić information content (AvgIpc) is 2.75. The van der Waals surface area contributed by atoms with E-state index in [-0.39, 0.29) is 5.75 Å². The molecule has 4 heteroatoms. The van der Waals surface area contributed by atoms with Gasteiger partial charge in [-0.1, -0.05) is 6.07 Å². The third-order valence-corrected chi connectivity index (χ3v) is 3.44. The van der Waals surface area contributed by atoms with E-state index in [0.29, 0.717) is 5.56 Å². The lowest BCUT2D eigenvalue weighted by molar-refractivity contribution is 0.220. The van der Waals surface area contributed by atoms with Gasteiger partial charge in [-0.05, 0) is 41.6 Å². The number of halogens is 1. The maximum absolute atomic E-state index is 13.2. The van der Waals surface area contributed by atoms with E-state index >= 15 is 0 Å². The van der Waals surface area contributed by atoms with Crippen molar-refractivity contribution in [3.05, 3.63) is 51.5 Å². The van der Waals surface area contributed by atoms with Crippen molar-refractivity contribution in [1.82, 2.24) is 0 Å². The molecule has 0 spiro atoms. The van der Waals surface area contributed by atoms with Crippen molar-refractivity contribution in [3.8, 4) is 5.75 Å². The summed E-state index contributed by atoms with van der Waals surface area (Å²) in [5, 5.41) is 12.0. The number of benzene rings is 1. The summed E-state index contributed by atoms with van der Waals surface area (Å²) in [4.78, 5) is 1.13.